The predicted molar refractivity (Wildman–Crippen MR) is 146 cm³/mol. The molecule has 4 aromatic rings. The van der Waals surface area contributed by atoms with E-state index >= 15 is 0 Å². The number of nitrogens with two attached hydrogens (primary N) is 1. The number of hydrogen-bond acceptors (Lipinski definition) is 10. The van der Waals surface area contributed by atoms with Gasteiger partial charge in [0.15, 0.2) is 0 Å². The molecule has 0 bridgehead atoms. The zero-order valence-electron chi connectivity index (χ0n) is 20.8. The van der Waals surface area contributed by atoms with Crippen molar-refractivity contribution in [1.29, 1.82) is 0 Å². The molecule has 10 nitrogen and oxygen atoms in total. The largest absolute Gasteiger partial charge is 0.376 e. The van der Waals surface area contributed by atoms with E-state index in [1.54, 1.807) is 37.1 Å². The van der Waals surface area contributed by atoms with Crippen molar-refractivity contribution < 1.29 is 4.74 Å². The van der Waals surface area contributed by atoms with Gasteiger partial charge >= 0.3 is 0 Å². The zero-order valence-corrected chi connectivity index (χ0v) is 22.4. The summed E-state index contributed by atoms with van der Waals surface area (Å²) in [5.74, 6) is 0.838. The van der Waals surface area contributed by atoms with Crippen LogP contribution in [-0.2, 0) is 11.3 Å². The molecule has 2 atom stereocenters. The second-order valence-electron chi connectivity index (χ2n) is 9.85. The minimum absolute atomic E-state index is 0.0634. The van der Waals surface area contributed by atoms with Crippen molar-refractivity contribution in [2.75, 3.05) is 24.6 Å². The molecule has 2 aliphatic rings. The van der Waals surface area contributed by atoms with Crippen molar-refractivity contribution in [3.8, 4) is 0 Å². The van der Waals surface area contributed by atoms with E-state index in [9.17, 15) is 4.79 Å². The highest BCUT2D eigenvalue weighted by atomic mass is 35.5. The smallest absolute Gasteiger partial charge is 0.263 e. The van der Waals surface area contributed by atoms with E-state index in [2.05, 4.69) is 36.7 Å². The Kier molecular flexibility index (Phi) is 6.77. The summed E-state index contributed by atoms with van der Waals surface area (Å²) in [6, 6.07) is 3.72. The highest BCUT2D eigenvalue weighted by Crippen LogP contribution is 2.42. The third kappa shape index (κ3) is 4.64. The molecular weight excluding hydrogens is 524 g/mol. The van der Waals surface area contributed by atoms with Gasteiger partial charge < -0.3 is 15.4 Å². The molecule has 1 spiro atoms. The lowest BCUT2D eigenvalue weighted by Crippen LogP contribution is -2.50. The number of ether oxygens (including phenoxy) is 1. The fraction of sp³-hybridized carbons (Fsp3) is 0.385. The Morgan fingerprint density at radius 2 is 1.97 bits per heavy atom. The summed E-state index contributed by atoms with van der Waals surface area (Å²) >= 11 is 8.09. The summed E-state index contributed by atoms with van der Waals surface area (Å²) < 4.78 is 7.31. The van der Waals surface area contributed by atoms with Crippen LogP contribution in [-0.4, -0.2) is 61.3 Å². The van der Waals surface area contributed by atoms with E-state index < -0.39 is 0 Å². The van der Waals surface area contributed by atoms with Crippen LogP contribution in [0.5, 0.6) is 0 Å². The standard InChI is InChI=1S/C26H27ClN8O2S/c1-16-24(28)26(14-37-16)4-8-34(9-5-26)20-11-32-21(12-31-20)38-19-3-2-18-22(23(19)27)25(36)35(15-33-18)13-17-10-29-6-7-30-17/h2-3,6-7,10-12,15-16,24H,4-5,8-9,13-14,28H2,1H3/t16-,24+/m0/s1. The maximum Gasteiger partial charge on any atom is 0.263 e. The van der Waals surface area contributed by atoms with E-state index in [4.69, 9.17) is 22.1 Å². The second kappa shape index (κ2) is 10.2. The summed E-state index contributed by atoms with van der Waals surface area (Å²) in [7, 11) is 0. The molecule has 2 N–H and O–H groups in total. The fourth-order valence-electron chi connectivity index (χ4n) is 5.26. The lowest BCUT2D eigenvalue weighted by molar-refractivity contribution is 0.0974. The Balaban J connectivity index is 1.18. The zero-order chi connectivity index (χ0) is 26.3. The summed E-state index contributed by atoms with van der Waals surface area (Å²) in [4.78, 5) is 38.2. The number of hydrogen-bond donors (Lipinski definition) is 1. The van der Waals surface area contributed by atoms with Gasteiger partial charge in [-0.25, -0.2) is 15.0 Å². The van der Waals surface area contributed by atoms with E-state index in [-0.39, 0.29) is 29.7 Å². The van der Waals surface area contributed by atoms with Crippen molar-refractivity contribution in [2.45, 2.75) is 48.4 Å². The van der Waals surface area contributed by atoms with Crippen molar-refractivity contribution in [1.82, 2.24) is 29.5 Å². The fourth-order valence-corrected chi connectivity index (χ4v) is 6.38. The van der Waals surface area contributed by atoms with Gasteiger partial charge in [-0.05, 0) is 31.9 Å². The predicted octanol–water partition coefficient (Wildman–Crippen LogP) is 3.16. The quantitative estimate of drug-likeness (QED) is 0.396. The van der Waals surface area contributed by atoms with E-state index in [1.807, 2.05) is 6.07 Å². The van der Waals surface area contributed by atoms with Gasteiger partial charge in [-0.3, -0.25) is 19.3 Å². The number of halogens is 1. The molecule has 5 heterocycles. The molecule has 38 heavy (non-hydrogen) atoms. The van der Waals surface area contributed by atoms with E-state index in [1.165, 1.54) is 22.7 Å². The average molecular weight is 551 g/mol. The van der Waals surface area contributed by atoms with Gasteiger partial charge in [-0.1, -0.05) is 23.4 Å². The van der Waals surface area contributed by atoms with Crippen LogP contribution in [0.1, 0.15) is 25.5 Å². The monoisotopic (exact) mass is 550 g/mol. The van der Waals surface area contributed by atoms with E-state index in [0.29, 0.717) is 31.5 Å². The Labute approximate surface area is 228 Å². The normalized spacial score (nSPS) is 20.9. The van der Waals surface area contributed by atoms with Crippen molar-refractivity contribution in [3.05, 3.63) is 70.5 Å². The van der Waals surface area contributed by atoms with E-state index in [0.717, 1.165) is 38.4 Å². The molecule has 12 heteroatoms. The first kappa shape index (κ1) is 25.2. The highest BCUT2D eigenvalue weighted by Gasteiger charge is 2.47. The first-order valence-electron chi connectivity index (χ1n) is 12.5. The lowest BCUT2D eigenvalue weighted by Gasteiger charge is -2.41. The minimum Gasteiger partial charge on any atom is -0.376 e. The first-order valence-corrected chi connectivity index (χ1v) is 13.7. The van der Waals surface area contributed by atoms with Gasteiger partial charge in [0.25, 0.3) is 5.56 Å². The number of nitrogens with zero attached hydrogens (tertiary/aromatic N) is 7. The number of aromatic nitrogens is 6. The Morgan fingerprint density at radius 3 is 2.66 bits per heavy atom. The summed E-state index contributed by atoms with van der Waals surface area (Å²) in [6.45, 7) is 4.79. The molecule has 196 valence electrons. The van der Waals surface area contributed by atoms with Crippen LogP contribution in [0, 0.1) is 5.41 Å². The van der Waals surface area contributed by atoms with Crippen LogP contribution in [0.3, 0.4) is 0 Å². The lowest BCUT2D eigenvalue weighted by atomic mass is 9.73. The molecule has 2 fully saturated rings. The van der Waals surface area contributed by atoms with Crippen LogP contribution in [0.15, 0.2) is 64.2 Å². The molecule has 2 aliphatic heterocycles. The third-order valence-electron chi connectivity index (χ3n) is 7.60. The molecular formula is C26H27ClN8O2S. The molecule has 0 aliphatic carbocycles. The van der Waals surface area contributed by atoms with Crippen LogP contribution < -0.4 is 16.2 Å². The Bertz CT molecular complexity index is 1510. The molecule has 0 unspecified atom stereocenters. The maximum absolute atomic E-state index is 13.2. The Hall–Kier alpha value is -3.12. The van der Waals surface area contributed by atoms with Gasteiger partial charge in [0.1, 0.15) is 10.8 Å². The number of benzene rings is 1. The highest BCUT2D eigenvalue weighted by molar-refractivity contribution is 7.99. The summed E-state index contributed by atoms with van der Waals surface area (Å²) in [5, 5.41) is 1.39. The average Bonchev–Trinajstić information content (AvgIpc) is 3.21. The van der Waals surface area contributed by atoms with Crippen LogP contribution in [0.4, 0.5) is 5.82 Å². The maximum atomic E-state index is 13.2. The van der Waals surface area contributed by atoms with Gasteiger partial charge in [-0.2, -0.15) is 0 Å². The van der Waals surface area contributed by atoms with Crippen LogP contribution >= 0.6 is 23.4 Å². The SMILES string of the molecule is C[C@@H]1OCC2(CCN(c3cnc(Sc4ccc5ncn(Cc6cnccn6)c(=O)c5c4Cl)cn3)CC2)[C@@H]1N. The number of anilines is 1. The van der Waals surface area contributed by atoms with Gasteiger partial charge in [0.05, 0.1) is 65.8 Å². The minimum atomic E-state index is -0.237. The first-order chi connectivity index (χ1) is 18.4. The molecule has 3 aromatic heterocycles. The van der Waals surface area contributed by atoms with Crippen molar-refractivity contribution in [3.63, 3.8) is 0 Å². The van der Waals surface area contributed by atoms with Crippen molar-refractivity contribution in [2.24, 2.45) is 11.1 Å². The molecule has 2 saturated heterocycles. The van der Waals surface area contributed by atoms with Crippen LogP contribution in [0.2, 0.25) is 5.02 Å². The Morgan fingerprint density at radius 1 is 1.13 bits per heavy atom. The molecule has 6 rings (SSSR count). The van der Waals surface area contributed by atoms with Gasteiger partial charge in [0.2, 0.25) is 0 Å². The van der Waals surface area contributed by atoms with Gasteiger partial charge in [-0.15, -0.1) is 0 Å². The number of rotatable bonds is 5. The summed E-state index contributed by atoms with van der Waals surface area (Å²) in [5.41, 5.74) is 7.47. The second-order valence-corrected chi connectivity index (χ2v) is 11.3. The molecule has 0 amide bonds. The number of fused-ring (bicyclic) bond motifs is 1. The summed E-state index contributed by atoms with van der Waals surface area (Å²) in [6.07, 6.45) is 11.9. The number of piperidine rings is 1. The molecule has 0 radical (unpaired) electrons. The van der Waals surface area contributed by atoms with Crippen LogP contribution in [0.25, 0.3) is 10.9 Å². The van der Waals surface area contributed by atoms with Gasteiger partial charge in [0, 0.05) is 41.8 Å². The molecule has 0 saturated carbocycles. The topological polar surface area (TPSA) is 125 Å². The third-order valence-corrected chi connectivity index (χ3v) is 9.09. The molecule has 1 aromatic carbocycles. The van der Waals surface area contributed by atoms with Crippen molar-refractivity contribution >= 4 is 40.1 Å².